The van der Waals surface area contributed by atoms with Crippen molar-refractivity contribution < 1.29 is 24.3 Å². The number of nitrogens with zero attached hydrogens (tertiary/aromatic N) is 1. The summed E-state index contributed by atoms with van der Waals surface area (Å²) in [5.41, 5.74) is 4.49. The standard InChI is InChI=1S/C15H27N5O5/c1-15(2,3)19-14(25)18-8-11(22)20-6-4-5-9(20)13(24)17-7-10(21)12(16)23/h9-10,21H,4-8H2,1-3H3,(H2,16,23)(H,17,24)(H2,18,19,25). The highest BCUT2D eigenvalue weighted by atomic mass is 16.3. The van der Waals surface area contributed by atoms with Crippen molar-refractivity contribution in [2.75, 3.05) is 19.6 Å². The molecule has 0 bridgehead atoms. The van der Waals surface area contributed by atoms with Crippen molar-refractivity contribution >= 4 is 23.8 Å². The van der Waals surface area contributed by atoms with Crippen molar-refractivity contribution in [1.82, 2.24) is 20.9 Å². The van der Waals surface area contributed by atoms with E-state index < -0.39 is 35.5 Å². The van der Waals surface area contributed by atoms with E-state index in [4.69, 9.17) is 5.73 Å². The first-order valence-corrected chi connectivity index (χ1v) is 8.12. The summed E-state index contributed by atoms with van der Waals surface area (Å²) in [6, 6.07) is -1.16. The van der Waals surface area contributed by atoms with Gasteiger partial charge in [0.25, 0.3) is 0 Å². The highest BCUT2D eigenvalue weighted by Crippen LogP contribution is 2.17. The zero-order valence-electron chi connectivity index (χ0n) is 14.8. The Kier molecular flexibility index (Phi) is 7.16. The van der Waals surface area contributed by atoms with Crippen molar-refractivity contribution in [3.8, 4) is 0 Å². The van der Waals surface area contributed by atoms with Crippen LogP contribution in [0.5, 0.6) is 0 Å². The number of urea groups is 1. The van der Waals surface area contributed by atoms with E-state index in [-0.39, 0.29) is 19.0 Å². The number of hydrogen-bond donors (Lipinski definition) is 5. The fraction of sp³-hybridized carbons (Fsp3) is 0.733. The summed E-state index contributed by atoms with van der Waals surface area (Å²) >= 11 is 0. The molecule has 2 unspecified atom stereocenters. The van der Waals surface area contributed by atoms with Gasteiger partial charge in [0.1, 0.15) is 12.1 Å². The molecule has 10 heteroatoms. The number of hydrogen-bond acceptors (Lipinski definition) is 5. The zero-order chi connectivity index (χ0) is 19.2. The van der Waals surface area contributed by atoms with Gasteiger partial charge in [0.2, 0.25) is 17.7 Å². The van der Waals surface area contributed by atoms with E-state index in [1.54, 1.807) is 0 Å². The van der Waals surface area contributed by atoms with Crippen LogP contribution in [-0.4, -0.2) is 71.1 Å². The van der Waals surface area contributed by atoms with Crippen molar-refractivity contribution in [3.05, 3.63) is 0 Å². The molecule has 1 rings (SSSR count). The lowest BCUT2D eigenvalue weighted by Gasteiger charge is -2.25. The molecule has 6 N–H and O–H groups in total. The van der Waals surface area contributed by atoms with Crippen LogP contribution in [0.15, 0.2) is 0 Å². The maximum Gasteiger partial charge on any atom is 0.315 e. The second kappa shape index (κ2) is 8.65. The predicted molar refractivity (Wildman–Crippen MR) is 89.2 cm³/mol. The lowest BCUT2D eigenvalue weighted by Crippen LogP contribution is -2.52. The van der Waals surface area contributed by atoms with Crippen molar-refractivity contribution in [1.29, 1.82) is 0 Å². The van der Waals surface area contributed by atoms with Gasteiger partial charge in [-0.05, 0) is 33.6 Å². The quantitative estimate of drug-likeness (QED) is 0.373. The highest BCUT2D eigenvalue weighted by molar-refractivity contribution is 5.90. The summed E-state index contributed by atoms with van der Waals surface area (Å²) in [6.45, 7) is 5.31. The number of aliphatic hydroxyl groups excluding tert-OH is 1. The molecule has 0 aromatic rings. The Labute approximate surface area is 146 Å². The molecule has 0 aromatic heterocycles. The van der Waals surface area contributed by atoms with Gasteiger partial charge in [-0.3, -0.25) is 14.4 Å². The zero-order valence-corrected chi connectivity index (χ0v) is 14.8. The number of nitrogens with one attached hydrogen (secondary N) is 3. The molecule has 1 aliphatic rings. The van der Waals surface area contributed by atoms with Crippen molar-refractivity contribution in [2.24, 2.45) is 5.73 Å². The van der Waals surface area contributed by atoms with Crippen LogP contribution in [0.2, 0.25) is 0 Å². The van der Waals surface area contributed by atoms with Gasteiger partial charge >= 0.3 is 6.03 Å². The summed E-state index contributed by atoms with van der Waals surface area (Å²) in [5, 5.41) is 16.8. The minimum Gasteiger partial charge on any atom is -0.381 e. The Morgan fingerprint density at radius 1 is 1.24 bits per heavy atom. The minimum atomic E-state index is -1.47. The molecule has 0 aliphatic carbocycles. The van der Waals surface area contributed by atoms with Gasteiger partial charge in [-0.15, -0.1) is 0 Å². The van der Waals surface area contributed by atoms with Gasteiger partial charge in [-0.25, -0.2) is 4.79 Å². The van der Waals surface area contributed by atoms with Gasteiger partial charge in [0, 0.05) is 12.1 Å². The summed E-state index contributed by atoms with van der Waals surface area (Å²) < 4.78 is 0. The second-order valence-corrected chi connectivity index (χ2v) is 6.97. The van der Waals surface area contributed by atoms with Crippen molar-refractivity contribution in [2.45, 2.75) is 51.3 Å². The lowest BCUT2D eigenvalue weighted by molar-refractivity contribution is -0.138. The number of nitrogens with two attached hydrogens (primary N) is 1. The van der Waals surface area contributed by atoms with Gasteiger partial charge in [0.15, 0.2) is 0 Å². The van der Waals surface area contributed by atoms with Crippen LogP contribution in [0.4, 0.5) is 4.79 Å². The normalized spacial score (nSPS) is 18.4. The third kappa shape index (κ3) is 6.96. The predicted octanol–water partition coefficient (Wildman–Crippen LogP) is -1.96. The molecule has 0 spiro atoms. The van der Waals surface area contributed by atoms with E-state index in [1.165, 1.54) is 4.90 Å². The summed E-state index contributed by atoms with van der Waals surface area (Å²) in [6.07, 6.45) is -0.355. The van der Waals surface area contributed by atoms with Crippen LogP contribution in [0.25, 0.3) is 0 Å². The number of carbonyl (C=O) groups is 4. The Morgan fingerprint density at radius 2 is 1.88 bits per heavy atom. The van der Waals surface area contributed by atoms with Crippen LogP contribution in [-0.2, 0) is 14.4 Å². The van der Waals surface area contributed by atoms with E-state index >= 15 is 0 Å². The fourth-order valence-corrected chi connectivity index (χ4v) is 2.40. The fourth-order valence-electron chi connectivity index (χ4n) is 2.40. The monoisotopic (exact) mass is 357 g/mol. The molecule has 0 aromatic carbocycles. The number of rotatable bonds is 6. The molecule has 1 saturated heterocycles. The highest BCUT2D eigenvalue weighted by Gasteiger charge is 2.34. The number of aliphatic hydroxyl groups is 1. The molecule has 2 atom stereocenters. The van der Waals surface area contributed by atoms with Gasteiger partial charge < -0.3 is 31.7 Å². The van der Waals surface area contributed by atoms with Crippen LogP contribution in [0.3, 0.4) is 0 Å². The van der Waals surface area contributed by atoms with E-state index in [9.17, 15) is 24.3 Å². The van der Waals surface area contributed by atoms with E-state index in [1.807, 2.05) is 20.8 Å². The smallest absolute Gasteiger partial charge is 0.315 e. The summed E-state index contributed by atoms with van der Waals surface area (Å²) in [5.74, 6) is -1.78. The second-order valence-electron chi connectivity index (χ2n) is 6.97. The van der Waals surface area contributed by atoms with Crippen LogP contribution in [0.1, 0.15) is 33.6 Å². The minimum absolute atomic E-state index is 0.227. The molecule has 1 fully saturated rings. The van der Waals surface area contributed by atoms with Crippen LogP contribution < -0.4 is 21.7 Å². The Balaban J connectivity index is 2.50. The van der Waals surface area contributed by atoms with E-state index in [0.29, 0.717) is 19.4 Å². The van der Waals surface area contributed by atoms with Crippen LogP contribution >= 0.6 is 0 Å². The molecule has 25 heavy (non-hydrogen) atoms. The molecule has 0 saturated carbocycles. The number of carbonyl (C=O) groups excluding carboxylic acids is 4. The van der Waals surface area contributed by atoms with Gasteiger partial charge in [-0.1, -0.05) is 0 Å². The van der Waals surface area contributed by atoms with Gasteiger partial charge in [0.05, 0.1) is 13.1 Å². The first-order chi connectivity index (χ1) is 11.5. The molecule has 1 heterocycles. The Morgan fingerprint density at radius 3 is 2.44 bits per heavy atom. The van der Waals surface area contributed by atoms with E-state index in [0.717, 1.165) is 0 Å². The van der Waals surface area contributed by atoms with Crippen LogP contribution in [0, 0.1) is 0 Å². The third-order valence-electron chi connectivity index (χ3n) is 3.56. The molecule has 1 aliphatic heterocycles. The topological polar surface area (TPSA) is 154 Å². The first-order valence-electron chi connectivity index (χ1n) is 8.12. The van der Waals surface area contributed by atoms with Crippen molar-refractivity contribution in [3.63, 3.8) is 0 Å². The van der Waals surface area contributed by atoms with E-state index in [2.05, 4.69) is 16.0 Å². The molecular weight excluding hydrogens is 330 g/mol. The summed E-state index contributed by atoms with van der Waals surface area (Å²) in [4.78, 5) is 48.2. The average molecular weight is 357 g/mol. The lowest BCUT2D eigenvalue weighted by atomic mass is 10.1. The maximum atomic E-state index is 12.3. The molecule has 142 valence electrons. The Hall–Kier alpha value is -2.36. The van der Waals surface area contributed by atoms with Gasteiger partial charge in [-0.2, -0.15) is 0 Å². The molecular formula is C15H27N5O5. The SMILES string of the molecule is CC(C)(C)NC(=O)NCC(=O)N1CCCC1C(=O)NCC(O)C(N)=O. The molecule has 5 amide bonds. The molecule has 10 nitrogen and oxygen atoms in total. The third-order valence-corrected chi connectivity index (χ3v) is 3.56. The first kappa shape index (κ1) is 20.7. The summed E-state index contributed by atoms with van der Waals surface area (Å²) in [7, 11) is 0. The molecule has 0 radical (unpaired) electrons. The Bertz CT molecular complexity index is 531. The number of primary amides is 1. The largest absolute Gasteiger partial charge is 0.381 e. The number of amides is 5. The average Bonchev–Trinajstić information content (AvgIpc) is 2.97. The maximum absolute atomic E-state index is 12.3. The number of likely N-dealkylation sites (tertiary alicyclic amines) is 1.